The highest BCUT2D eigenvalue weighted by molar-refractivity contribution is 5.60. The van der Waals surface area contributed by atoms with Crippen molar-refractivity contribution in [2.75, 3.05) is 0 Å². The number of hydrogen-bond acceptors (Lipinski definition) is 1. The van der Waals surface area contributed by atoms with Gasteiger partial charge in [0, 0.05) is 11.6 Å². The minimum absolute atomic E-state index is 0.680. The second kappa shape index (κ2) is 4.16. The molecule has 0 N–H and O–H groups in total. The van der Waals surface area contributed by atoms with E-state index in [9.17, 15) is 0 Å². The van der Waals surface area contributed by atoms with E-state index in [0.29, 0.717) is 5.56 Å². The van der Waals surface area contributed by atoms with Crippen molar-refractivity contribution in [2.45, 2.75) is 6.92 Å². The Hall–Kier alpha value is -2.14. The Morgan fingerprint density at radius 2 is 1.88 bits per heavy atom. The minimum Gasteiger partial charge on any atom is -0.200 e. The highest BCUT2D eigenvalue weighted by atomic mass is 14.9. The summed E-state index contributed by atoms with van der Waals surface area (Å²) in [5, 5.41) is 8.81. The Kier molecular flexibility index (Phi) is 2.70. The smallest absolute Gasteiger partial charge is 0.200 e. The first-order chi connectivity index (χ1) is 7.72. The summed E-state index contributed by atoms with van der Waals surface area (Å²) in [6.45, 7) is 2.09. The molecule has 0 fully saturated rings. The molecule has 78 valence electrons. The normalized spacial score (nSPS) is 9.81. The third-order valence-corrected chi connectivity index (χ3v) is 2.68. The topological polar surface area (TPSA) is 27.7 Å². The maximum atomic E-state index is 8.81. The van der Waals surface area contributed by atoms with Crippen molar-refractivity contribution < 1.29 is 4.57 Å². The van der Waals surface area contributed by atoms with Gasteiger partial charge in [0.25, 0.3) is 0 Å². The van der Waals surface area contributed by atoms with Gasteiger partial charge in [-0.05, 0) is 24.6 Å². The van der Waals surface area contributed by atoms with Crippen molar-refractivity contribution in [2.24, 2.45) is 7.05 Å². The highest BCUT2D eigenvalue weighted by Gasteiger charge is 2.11. The van der Waals surface area contributed by atoms with Crippen LogP contribution in [0.2, 0.25) is 0 Å². The fourth-order valence-corrected chi connectivity index (χ4v) is 1.81. The molecular weight excluding hydrogens is 196 g/mol. The molecule has 0 unspecified atom stereocenters. The number of pyridine rings is 1. The van der Waals surface area contributed by atoms with Gasteiger partial charge in [-0.15, -0.1) is 0 Å². The van der Waals surface area contributed by atoms with Crippen molar-refractivity contribution in [1.82, 2.24) is 0 Å². The molecule has 2 aromatic rings. The van der Waals surface area contributed by atoms with Gasteiger partial charge in [-0.25, -0.2) is 0 Å². The van der Waals surface area contributed by atoms with Crippen LogP contribution in [0.5, 0.6) is 0 Å². The summed E-state index contributed by atoms with van der Waals surface area (Å²) in [7, 11) is 1.96. The molecule has 2 heteroatoms. The summed E-state index contributed by atoms with van der Waals surface area (Å²) in [6, 6.07) is 14.2. The highest BCUT2D eigenvalue weighted by Crippen LogP contribution is 2.19. The van der Waals surface area contributed by atoms with Crippen LogP contribution in [0.4, 0.5) is 0 Å². The lowest BCUT2D eigenvalue weighted by molar-refractivity contribution is -0.660. The van der Waals surface area contributed by atoms with E-state index < -0.39 is 0 Å². The second-order valence-corrected chi connectivity index (χ2v) is 3.84. The molecule has 0 saturated carbocycles. The van der Waals surface area contributed by atoms with E-state index in [-0.39, 0.29) is 0 Å². The first-order valence-corrected chi connectivity index (χ1v) is 5.18. The van der Waals surface area contributed by atoms with Crippen LogP contribution in [0.3, 0.4) is 0 Å². The predicted molar refractivity (Wildman–Crippen MR) is 62.5 cm³/mol. The molecule has 0 bridgehead atoms. The summed E-state index contributed by atoms with van der Waals surface area (Å²) in [4.78, 5) is 0. The maximum absolute atomic E-state index is 8.81. The molecule has 0 aliphatic heterocycles. The van der Waals surface area contributed by atoms with E-state index in [1.165, 1.54) is 11.1 Å². The lowest BCUT2D eigenvalue weighted by atomic mass is 10.0. The third-order valence-electron chi connectivity index (χ3n) is 2.68. The monoisotopic (exact) mass is 209 g/mol. The molecule has 2 rings (SSSR count). The van der Waals surface area contributed by atoms with E-state index in [1.54, 1.807) is 0 Å². The van der Waals surface area contributed by atoms with E-state index in [4.69, 9.17) is 5.26 Å². The Morgan fingerprint density at radius 1 is 1.12 bits per heavy atom. The number of nitriles is 1. The molecule has 0 atom stereocenters. The Balaban J connectivity index is 2.58. The molecule has 1 aromatic heterocycles. The van der Waals surface area contributed by atoms with Gasteiger partial charge in [-0.1, -0.05) is 18.2 Å². The molecule has 0 aliphatic carbocycles. The summed E-state index contributed by atoms with van der Waals surface area (Å²) < 4.78 is 1.99. The quantitative estimate of drug-likeness (QED) is 0.662. The predicted octanol–water partition coefficient (Wildman–Crippen LogP) is 2.36. The standard InChI is InChI=1S/C14H13N2/c1-11-5-3-4-6-13(11)14-8-7-12(9-15)10-16(14)2/h3-8,10H,1-2H3/q+1. The zero-order valence-corrected chi connectivity index (χ0v) is 9.44. The lowest BCUT2D eigenvalue weighted by Crippen LogP contribution is -2.31. The lowest BCUT2D eigenvalue weighted by Gasteiger charge is -2.03. The summed E-state index contributed by atoms with van der Waals surface area (Å²) in [5.74, 6) is 0. The number of hydrogen-bond donors (Lipinski definition) is 0. The van der Waals surface area contributed by atoms with Gasteiger partial charge in [0.1, 0.15) is 18.7 Å². The number of rotatable bonds is 1. The Bertz CT molecular complexity index is 565. The van der Waals surface area contributed by atoms with Crippen molar-refractivity contribution in [3.05, 3.63) is 53.7 Å². The van der Waals surface area contributed by atoms with Gasteiger partial charge in [-0.3, -0.25) is 0 Å². The van der Waals surface area contributed by atoms with E-state index in [0.717, 1.165) is 5.69 Å². The average Bonchev–Trinajstić information content (AvgIpc) is 2.30. The van der Waals surface area contributed by atoms with Gasteiger partial charge >= 0.3 is 0 Å². The minimum atomic E-state index is 0.680. The van der Waals surface area contributed by atoms with Crippen molar-refractivity contribution >= 4 is 0 Å². The van der Waals surface area contributed by atoms with E-state index >= 15 is 0 Å². The first kappa shape index (κ1) is 10.4. The molecule has 2 nitrogen and oxygen atoms in total. The molecular formula is C14H13N2+. The molecule has 0 saturated heterocycles. The fraction of sp³-hybridized carbons (Fsp3) is 0.143. The van der Waals surface area contributed by atoms with Gasteiger partial charge in [0.15, 0.2) is 6.20 Å². The van der Waals surface area contributed by atoms with E-state index in [2.05, 4.69) is 25.1 Å². The van der Waals surface area contributed by atoms with Gasteiger partial charge in [0.05, 0.1) is 0 Å². The molecule has 0 spiro atoms. The molecule has 1 heterocycles. The largest absolute Gasteiger partial charge is 0.212 e. The molecule has 0 aliphatic rings. The molecule has 0 radical (unpaired) electrons. The van der Waals surface area contributed by atoms with Crippen LogP contribution in [0.1, 0.15) is 11.1 Å². The molecule has 1 aromatic carbocycles. The van der Waals surface area contributed by atoms with E-state index in [1.807, 2.05) is 42.1 Å². The van der Waals surface area contributed by atoms with Crippen LogP contribution in [-0.2, 0) is 7.05 Å². The van der Waals surface area contributed by atoms with Crippen LogP contribution in [-0.4, -0.2) is 0 Å². The number of aromatic nitrogens is 1. The zero-order valence-electron chi connectivity index (χ0n) is 9.44. The molecule has 16 heavy (non-hydrogen) atoms. The number of nitrogens with zero attached hydrogens (tertiary/aromatic N) is 2. The summed E-state index contributed by atoms with van der Waals surface area (Å²) >= 11 is 0. The zero-order chi connectivity index (χ0) is 11.5. The maximum Gasteiger partial charge on any atom is 0.212 e. The van der Waals surface area contributed by atoms with Gasteiger partial charge in [-0.2, -0.15) is 9.83 Å². The van der Waals surface area contributed by atoms with Gasteiger partial charge in [0.2, 0.25) is 5.69 Å². The summed E-state index contributed by atoms with van der Waals surface area (Å²) in [6.07, 6.45) is 1.85. The van der Waals surface area contributed by atoms with Crippen molar-refractivity contribution in [1.29, 1.82) is 5.26 Å². The second-order valence-electron chi connectivity index (χ2n) is 3.84. The van der Waals surface area contributed by atoms with Crippen molar-refractivity contribution in [3.8, 4) is 17.3 Å². The number of benzene rings is 1. The van der Waals surface area contributed by atoms with Crippen LogP contribution in [0.15, 0.2) is 42.6 Å². The summed E-state index contributed by atoms with van der Waals surface area (Å²) in [5.41, 5.74) is 4.24. The van der Waals surface area contributed by atoms with Crippen LogP contribution >= 0.6 is 0 Å². The van der Waals surface area contributed by atoms with Crippen molar-refractivity contribution in [3.63, 3.8) is 0 Å². The molecule has 0 amide bonds. The van der Waals surface area contributed by atoms with Crippen LogP contribution < -0.4 is 4.57 Å². The Morgan fingerprint density at radius 3 is 2.50 bits per heavy atom. The van der Waals surface area contributed by atoms with Crippen LogP contribution in [0.25, 0.3) is 11.3 Å². The van der Waals surface area contributed by atoms with Gasteiger partial charge < -0.3 is 0 Å². The Labute approximate surface area is 95.4 Å². The SMILES string of the molecule is Cc1ccccc1-c1ccc(C#N)c[n+]1C. The average molecular weight is 209 g/mol. The third kappa shape index (κ3) is 1.80. The van der Waals surface area contributed by atoms with Crippen LogP contribution in [0, 0.1) is 18.3 Å². The first-order valence-electron chi connectivity index (χ1n) is 5.18. The number of aryl methyl sites for hydroxylation is 2. The fourth-order valence-electron chi connectivity index (χ4n) is 1.81.